The number of fused-ring (bicyclic) bond motifs is 1. The minimum absolute atomic E-state index is 0.114. The minimum Gasteiger partial charge on any atom is -0.352 e. The van der Waals surface area contributed by atoms with Crippen molar-refractivity contribution in [2.45, 2.75) is 6.92 Å². The zero-order chi connectivity index (χ0) is 11.5. The number of nitrogens with one attached hydrogen (secondary N) is 1. The first-order valence-corrected chi connectivity index (χ1v) is 5.42. The molecule has 0 bridgehead atoms. The lowest BCUT2D eigenvalue weighted by Gasteiger charge is -2.04. The summed E-state index contributed by atoms with van der Waals surface area (Å²) in [5.41, 5.74) is 1.27. The Balaban J connectivity index is 2.48. The maximum Gasteiger partial charge on any atom is 0.252 e. The molecule has 1 amide bonds. The van der Waals surface area contributed by atoms with E-state index >= 15 is 0 Å². The average molecular weight is 235 g/mol. The van der Waals surface area contributed by atoms with Crippen molar-refractivity contribution in [3.05, 3.63) is 41.0 Å². The molecule has 1 aromatic carbocycles. The van der Waals surface area contributed by atoms with Gasteiger partial charge in [-0.05, 0) is 19.1 Å². The van der Waals surface area contributed by atoms with Gasteiger partial charge in [0.1, 0.15) is 0 Å². The molecule has 3 nitrogen and oxygen atoms in total. The Bertz CT molecular complexity index is 540. The Hall–Kier alpha value is -1.61. The molecular weight excluding hydrogens is 224 g/mol. The third-order valence-electron chi connectivity index (χ3n) is 2.26. The first kappa shape index (κ1) is 10.9. The first-order valence-electron chi connectivity index (χ1n) is 5.05. The molecule has 0 aliphatic heterocycles. The van der Waals surface area contributed by atoms with Crippen molar-refractivity contribution >= 4 is 28.4 Å². The van der Waals surface area contributed by atoms with Gasteiger partial charge in [-0.25, -0.2) is 0 Å². The van der Waals surface area contributed by atoms with Crippen LogP contribution in [0.4, 0.5) is 0 Å². The van der Waals surface area contributed by atoms with Gasteiger partial charge in [-0.1, -0.05) is 23.7 Å². The maximum atomic E-state index is 11.6. The van der Waals surface area contributed by atoms with E-state index in [-0.39, 0.29) is 5.91 Å². The van der Waals surface area contributed by atoms with Crippen LogP contribution in [0.2, 0.25) is 5.02 Å². The van der Waals surface area contributed by atoms with Crippen LogP contribution < -0.4 is 5.32 Å². The van der Waals surface area contributed by atoms with E-state index in [4.69, 9.17) is 11.6 Å². The Kier molecular flexibility index (Phi) is 3.06. The summed E-state index contributed by atoms with van der Waals surface area (Å²) in [7, 11) is 0. The van der Waals surface area contributed by atoms with Gasteiger partial charge in [-0.15, -0.1) is 0 Å². The highest BCUT2D eigenvalue weighted by molar-refractivity contribution is 6.35. The first-order chi connectivity index (χ1) is 7.72. The number of rotatable bonds is 2. The molecule has 0 spiro atoms. The van der Waals surface area contributed by atoms with Crippen LogP contribution in [0.25, 0.3) is 10.9 Å². The average Bonchev–Trinajstić information content (AvgIpc) is 2.29. The molecule has 0 aliphatic rings. The number of hydrogen-bond acceptors (Lipinski definition) is 2. The van der Waals surface area contributed by atoms with Gasteiger partial charge in [0, 0.05) is 18.1 Å². The zero-order valence-corrected chi connectivity index (χ0v) is 9.58. The zero-order valence-electron chi connectivity index (χ0n) is 8.83. The Morgan fingerprint density at radius 2 is 2.31 bits per heavy atom. The van der Waals surface area contributed by atoms with Crippen LogP contribution >= 0.6 is 11.6 Å². The lowest BCUT2D eigenvalue weighted by Crippen LogP contribution is -2.22. The number of amides is 1. The molecule has 16 heavy (non-hydrogen) atoms. The van der Waals surface area contributed by atoms with Crippen LogP contribution in [0.15, 0.2) is 30.5 Å². The number of carbonyl (C=O) groups is 1. The molecule has 1 N–H and O–H groups in total. The van der Waals surface area contributed by atoms with E-state index in [1.54, 1.807) is 18.3 Å². The molecule has 2 aromatic rings. The third-order valence-corrected chi connectivity index (χ3v) is 2.57. The number of para-hydroxylation sites is 1. The quantitative estimate of drug-likeness (QED) is 0.868. The van der Waals surface area contributed by atoms with Gasteiger partial charge in [0.2, 0.25) is 0 Å². The van der Waals surface area contributed by atoms with Crippen LogP contribution in [-0.4, -0.2) is 17.4 Å². The smallest absolute Gasteiger partial charge is 0.252 e. The summed E-state index contributed by atoms with van der Waals surface area (Å²) in [5, 5.41) is 4.20. The van der Waals surface area contributed by atoms with Gasteiger partial charge in [-0.2, -0.15) is 0 Å². The van der Waals surface area contributed by atoms with E-state index in [1.807, 2.05) is 19.1 Å². The number of pyridine rings is 1. The highest BCUT2D eigenvalue weighted by Gasteiger charge is 2.07. The number of benzene rings is 1. The number of nitrogens with zero attached hydrogens (tertiary/aromatic N) is 1. The summed E-state index contributed by atoms with van der Waals surface area (Å²) in [6.07, 6.45) is 1.54. The van der Waals surface area contributed by atoms with Crippen molar-refractivity contribution < 1.29 is 4.79 Å². The van der Waals surface area contributed by atoms with Gasteiger partial charge in [0.15, 0.2) is 0 Å². The monoisotopic (exact) mass is 234 g/mol. The highest BCUT2D eigenvalue weighted by atomic mass is 35.5. The third kappa shape index (κ3) is 1.99. The van der Waals surface area contributed by atoms with Gasteiger partial charge in [-0.3, -0.25) is 9.78 Å². The molecule has 0 saturated carbocycles. The van der Waals surface area contributed by atoms with E-state index in [0.717, 1.165) is 10.9 Å². The van der Waals surface area contributed by atoms with E-state index < -0.39 is 0 Å². The van der Waals surface area contributed by atoms with E-state index in [2.05, 4.69) is 10.3 Å². The van der Waals surface area contributed by atoms with E-state index in [0.29, 0.717) is 17.1 Å². The lowest BCUT2D eigenvalue weighted by atomic mass is 10.1. The maximum absolute atomic E-state index is 11.6. The molecular formula is C12H11ClN2O. The fraction of sp³-hybridized carbons (Fsp3) is 0.167. The van der Waals surface area contributed by atoms with Gasteiger partial charge in [0.25, 0.3) is 5.91 Å². The predicted octanol–water partition coefficient (Wildman–Crippen LogP) is 2.64. The number of hydrogen-bond donors (Lipinski definition) is 1. The fourth-order valence-corrected chi connectivity index (χ4v) is 1.74. The van der Waals surface area contributed by atoms with Crippen LogP contribution in [0.3, 0.4) is 0 Å². The molecule has 0 fully saturated rings. The Labute approximate surface area is 98.4 Å². The molecule has 0 radical (unpaired) electrons. The molecule has 0 aliphatic carbocycles. The molecule has 1 heterocycles. The van der Waals surface area contributed by atoms with Gasteiger partial charge in [0.05, 0.1) is 16.1 Å². The van der Waals surface area contributed by atoms with E-state index in [9.17, 15) is 4.79 Å². The Morgan fingerprint density at radius 3 is 3.06 bits per heavy atom. The van der Waals surface area contributed by atoms with Crippen molar-refractivity contribution in [1.82, 2.24) is 10.3 Å². The normalized spacial score (nSPS) is 10.4. The predicted molar refractivity (Wildman–Crippen MR) is 64.8 cm³/mol. The largest absolute Gasteiger partial charge is 0.352 e. The highest BCUT2D eigenvalue weighted by Crippen LogP contribution is 2.21. The second-order valence-electron chi connectivity index (χ2n) is 3.40. The minimum atomic E-state index is -0.114. The molecule has 0 unspecified atom stereocenters. The summed E-state index contributed by atoms with van der Waals surface area (Å²) < 4.78 is 0. The second-order valence-corrected chi connectivity index (χ2v) is 3.80. The van der Waals surface area contributed by atoms with Crippen LogP contribution in [0.5, 0.6) is 0 Å². The topological polar surface area (TPSA) is 42.0 Å². The lowest BCUT2D eigenvalue weighted by molar-refractivity contribution is 0.0955. The van der Waals surface area contributed by atoms with Crippen molar-refractivity contribution in [2.24, 2.45) is 0 Å². The molecule has 0 saturated heterocycles. The van der Waals surface area contributed by atoms with Crippen LogP contribution in [0, 0.1) is 0 Å². The van der Waals surface area contributed by atoms with Crippen LogP contribution in [0.1, 0.15) is 17.3 Å². The van der Waals surface area contributed by atoms with Crippen LogP contribution in [-0.2, 0) is 0 Å². The van der Waals surface area contributed by atoms with Crippen molar-refractivity contribution in [3.8, 4) is 0 Å². The molecule has 1 aromatic heterocycles. The SMILES string of the molecule is CCNC(=O)c1cnc2c(Cl)cccc2c1. The molecule has 4 heteroatoms. The van der Waals surface area contributed by atoms with Gasteiger partial charge >= 0.3 is 0 Å². The van der Waals surface area contributed by atoms with Crippen molar-refractivity contribution in [1.29, 1.82) is 0 Å². The van der Waals surface area contributed by atoms with Crippen molar-refractivity contribution in [2.75, 3.05) is 6.54 Å². The van der Waals surface area contributed by atoms with Crippen molar-refractivity contribution in [3.63, 3.8) is 0 Å². The molecule has 0 atom stereocenters. The Morgan fingerprint density at radius 1 is 1.50 bits per heavy atom. The summed E-state index contributed by atoms with van der Waals surface area (Å²) in [5.74, 6) is -0.114. The number of aromatic nitrogens is 1. The van der Waals surface area contributed by atoms with E-state index in [1.165, 1.54) is 0 Å². The fourth-order valence-electron chi connectivity index (χ4n) is 1.51. The second kappa shape index (κ2) is 4.49. The summed E-state index contributed by atoms with van der Waals surface area (Å²) in [6, 6.07) is 7.30. The summed E-state index contributed by atoms with van der Waals surface area (Å²) in [4.78, 5) is 15.8. The summed E-state index contributed by atoms with van der Waals surface area (Å²) >= 11 is 5.99. The number of carbonyl (C=O) groups excluding carboxylic acids is 1. The summed E-state index contributed by atoms with van der Waals surface area (Å²) in [6.45, 7) is 2.48. The standard InChI is InChI=1S/C12H11ClN2O/c1-2-14-12(16)9-6-8-4-3-5-10(13)11(8)15-7-9/h3-7H,2H2,1H3,(H,14,16). The number of halogens is 1. The van der Waals surface area contributed by atoms with Gasteiger partial charge < -0.3 is 5.32 Å². The molecule has 82 valence electrons. The molecule has 2 rings (SSSR count).